The lowest BCUT2D eigenvalue weighted by atomic mass is 9.97. The molecule has 6 rings (SSSR count). The number of morpholine rings is 1. The van der Waals surface area contributed by atoms with Gasteiger partial charge in [-0.3, -0.25) is 14.9 Å². The third kappa shape index (κ3) is 8.19. The van der Waals surface area contributed by atoms with Crippen molar-refractivity contribution in [1.29, 1.82) is 5.41 Å². The molecule has 13 nitrogen and oxygen atoms in total. The van der Waals surface area contributed by atoms with Crippen LogP contribution < -0.4 is 30.9 Å². The Hall–Kier alpha value is -4.10. The molecule has 4 N–H and O–H groups in total. The molecule has 270 valence electrons. The van der Waals surface area contributed by atoms with Gasteiger partial charge >= 0.3 is 0 Å². The summed E-state index contributed by atoms with van der Waals surface area (Å²) in [5.41, 5.74) is 5.13. The molecule has 0 aliphatic carbocycles. The number of benzene rings is 2. The molecule has 0 saturated carbocycles. The molecule has 2 atom stereocenters. The van der Waals surface area contributed by atoms with E-state index >= 15 is 0 Å². The molecule has 4 aromatic rings. The van der Waals surface area contributed by atoms with Crippen LogP contribution in [0.4, 0.5) is 28.8 Å². The average molecular weight is 778 g/mol. The van der Waals surface area contributed by atoms with Gasteiger partial charge in [0, 0.05) is 93.2 Å². The zero-order valence-electron chi connectivity index (χ0n) is 29.9. The van der Waals surface area contributed by atoms with Gasteiger partial charge in [0.2, 0.25) is 5.95 Å². The number of hydrogen-bond donors (Lipinski definition) is 4. The number of allylic oxidation sites excluding steroid dienone is 1. The van der Waals surface area contributed by atoms with E-state index in [0.717, 1.165) is 55.8 Å². The first kappa shape index (κ1) is 36.7. The lowest BCUT2D eigenvalue weighted by Gasteiger charge is -2.44. The van der Waals surface area contributed by atoms with Crippen molar-refractivity contribution in [2.24, 2.45) is 0 Å². The largest absolute Gasteiger partial charge is 0.494 e. The minimum absolute atomic E-state index is 0.239. The summed E-state index contributed by atoms with van der Waals surface area (Å²) in [6.07, 6.45) is 10.6. The van der Waals surface area contributed by atoms with E-state index in [1.54, 1.807) is 39.0 Å². The van der Waals surface area contributed by atoms with Gasteiger partial charge in [-0.05, 0) is 74.1 Å². The van der Waals surface area contributed by atoms with Crippen LogP contribution in [0.2, 0.25) is 0 Å². The summed E-state index contributed by atoms with van der Waals surface area (Å²) in [6, 6.07) is 8.22. The van der Waals surface area contributed by atoms with Crippen LogP contribution in [-0.2, 0) is 9.30 Å². The van der Waals surface area contributed by atoms with Crippen LogP contribution in [0.25, 0.3) is 16.6 Å². The van der Waals surface area contributed by atoms with E-state index in [1.165, 1.54) is 6.21 Å². The van der Waals surface area contributed by atoms with Gasteiger partial charge in [-0.1, -0.05) is 0 Å². The first-order valence-corrected chi connectivity index (χ1v) is 20.5. The van der Waals surface area contributed by atoms with Crippen molar-refractivity contribution >= 4 is 80.0 Å². The fraction of sp³-hybridized carbons (Fsp3) is 0.417. The third-order valence-corrected chi connectivity index (χ3v) is 11.4. The van der Waals surface area contributed by atoms with Crippen molar-refractivity contribution in [2.75, 3.05) is 69.2 Å². The molecule has 2 aromatic heterocycles. The van der Waals surface area contributed by atoms with Crippen LogP contribution in [0.3, 0.4) is 0 Å². The van der Waals surface area contributed by atoms with Crippen LogP contribution in [0.15, 0.2) is 53.5 Å². The number of methoxy groups -OCH3 is 1. The molecule has 2 aromatic carbocycles. The van der Waals surface area contributed by atoms with Gasteiger partial charge in [0.05, 0.1) is 46.0 Å². The van der Waals surface area contributed by atoms with E-state index in [-0.39, 0.29) is 12.2 Å². The van der Waals surface area contributed by atoms with Gasteiger partial charge in [-0.25, -0.2) is 4.98 Å². The molecule has 2 saturated heterocycles. The zero-order chi connectivity index (χ0) is 36.3. The number of rotatable bonds is 11. The van der Waals surface area contributed by atoms with E-state index in [2.05, 4.69) is 70.5 Å². The normalized spacial score (nSPS) is 19.2. The van der Waals surface area contributed by atoms with Crippen LogP contribution in [0, 0.1) is 5.41 Å². The lowest BCUT2D eigenvalue weighted by Crippen LogP contribution is -2.53. The Morgan fingerprint density at radius 2 is 1.78 bits per heavy atom. The number of aromatic nitrogens is 4. The minimum Gasteiger partial charge on any atom is -0.494 e. The fourth-order valence-corrected chi connectivity index (χ4v) is 8.78. The maximum absolute atomic E-state index is 13.5. The number of fused-ring (bicyclic) bond motifs is 1. The second kappa shape index (κ2) is 15.6. The molecule has 15 heteroatoms. The molecule has 2 aliphatic heterocycles. The fourth-order valence-electron chi connectivity index (χ4n) is 7.10. The number of nitrogens with zero attached hydrogens (tertiary/aromatic N) is 6. The number of nitrogens with one attached hydrogen (secondary N) is 4. The number of halogens is 1. The van der Waals surface area contributed by atoms with Crippen LogP contribution in [0.1, 0.15) is 32.3 Å². The molecule has 0 bridgehead atoms. The van der Waals surface area contributed by atoms with Crippen molar-refractivity contribution in [3.63, 3.8) is 0 Å². The molecule has 0 amide bonds. The highest BCUT2D eigenvalue weighted by Crippen LogP contribution is 2.42. The molecule has 2 unspecified atom stereocenters. The van der Waals surface area contributed by atoms with Crippen molar-refractivity contribution in [3.05, 3.63) is 59.1 Å². The van der Waals surface area contributed by atoms with Crippen molar-refractivity contribution in [1.82, 2.24) is 30.2 Å². The standard InChI is InChI=1S/C36H46BrN10O3P/c1-22-20-47(21-23(2)50-22)25-9-13-46(14-10-25)31-16-32(49-4)30(15-26(31)24(17-38)18-39-3)44-36-42-19-27(37)35(45-36)43-29-8-7-28-33(41-12-11-40-28)34(29)51(5,6)48/h7-8,11-12,15-19,22-23,25,38-39H,9-10,13-14,20-21H2,1-6H3,(H2,42,43,44,45)/b24-18+,38-17?. The number of anilines is 5. The van der Waals surface area contributed by atoms with Crippen LogP contribution in [-0.4, -0.2) is 103 Å². The summed E-state index contributed by atoms with van der Waals surface area (Å²) >= 11 is 3.58. The quantitative estimate of drug-likeness (QED) is 0.101. The van der Waals surface area contributed by atoms with Crippen molar-refractivity contribution in [2.45, 2.75) is 44.9 Å². The Labute approximate surface area is 307 Å². The Morgan fingerprint density at radius 3 is 2.45 bits per heavy atom. The van der Waals surface area contributed by atoms with Crippen LogP contribution >= 0.6 is 23.1 Å². The van der Waals surface area contributed by atoms with Crippen molar-refractivity contribution in [3.8, 4) is 5.75 Å². The number of hydrogen-bond acceptors (Lipinski definition) is 13. The molecular formula is C36H46BrN10O3P. The minimum atomic E-state index is -2.78. The predicted octanol–water partition coefficient (Wildman–Crippen LogP) is 6.21. The molecule has 2 fully saturated rings. The number of piperidine rings is 1. The van der Waals surface area contributed by atoms with Gasteiger partial charge in [0.25, 0.3) is 0 Å². The maximum atomic E-state index is 13.5. The highest BCUT2D eigenvalue weighted by molar-refractivity contribution is 9.10. The first-order chi connectivity index (χ1) is 24.5. The third-order valence-electron chi connectivity index (χ3n) is 9.25. The molecule has 4 heterocycles. The van der Waals surface area contributed by atoms with Crippen molar-refractivity contribution < 1.29 is 14.0 Å². The maximum Gasteiger partial charge on any atom is 0.229 e. The summed E-state index contributed by atoms with van der Waals surface area (Å²) in [6.45, 7) is 11.4. The summed E-state index contributed by atoms with van der Waals surface area (Å²) in [4.78, 5) is 23.2. The Balaban J connectivity index is 1.30. The molecule has 0 radical (unpaired) electrons. The van der Waals surface area contributed by atoms with E-state index in [4.69, 9.17) is 19.9 Å². The van der Waals surface area contributed by atoms with E-state index in [9.17, 15) is 4.57 Å². The highest BCUT2D eigenvalue weighted by Gasteiger charge is 2.31. The second-order valence-electron chi connectivity index (χ2n) is 13.4. The van der Waals surface area contributed by atoms with Gasteiger partial charge in [0.1, 0.15) is 24.2 Å². The van der Waals surface area contributed by atoms with Gasteiger partial charge in [-0.15, -0.1) is 0 Å². The summed E-state index contributed by atoms with van der Waals surface area (Å²) in [7, 11) is 0.690. The molecular weight excluding hydrogens is 731 g/mol. The Bertz CT molecular complexity index is 1970. The Morgan fingerprint density at radius 1 is 1.06 bits per heavy atom. The molecule has 0 spiro atoms. The topological polar surface area (TPSA) is 154 Å². The smallest absolute Gasteiger partial charge is 0.229 e. The summed E-state index contributed by atoms with van der Waals surface area (Å²) < 4.78 is 26.0. The molecule has 2 aliphatic rings. The monoisotopic (exact) mass is 776 g/mol. The zero-order valence-corrected chi connectivity index (χ0v) is 32.4. The van der Waals surface area contributed by atoms with E-state index in [1.807, 2.05) is 37.5 Å². The summed E-state index contributed by atoms with van der Waals surface area (Å²) in [5.74, 6) is 1.41. The molecule has 51 heavy (non-hydrogen) atoms. The van der Waals surface area contributed by atoms with Gasteiger partial charge in [-0.2, -0.15) is 4.98 Å². The Kier molecular flexibility index (Phi) is 11.3. The highest BCUT2D eigenvalue weighted by atomic mass is 79.9. The van der Waals surface area contributed by atoms with Gasteiger partial charge in [0.15, 0.2) is 0 Å². The first-order valence-electron chi connectivity index (χ1n) is 17.1. The number of ether oxygens (including phenoxy) is 2. The summed E-state index contributed by atoms with van der Waals surface area (Å²) in [5, 5.41) is 18.7. The predicted molar refractivity (Wildman–Crippen MR) is 211 cm³/mol. The second-order valence-corrected chi connectivity index (χ2v) is 17.4. The lowest BCUT2D eigenvalue weighted by molar-refractivity contribution is -0.0826. The van der Waals surface area contributed by atoms with Gasteiger partial charge < -0.3 is 40.3 Å². The van der Waals surface area contributed by atoms with E-state index < -0.39 is 7.14 Å². The van der Waals surface area contributed by atoms with E-state index in [0.29, 0.717) is 55.7 Å². The average Bonchev–Trinajstić information content (AvgIpc) is 3.11. The van der Waals surface area contributed by atoms with Crippen LogP contribution in [0.5, 0.6) is 5.75 Å². The SMILES string of the molecule is CN/C=C(\C=N)c1cc(Nc2ncc(Br)c(Nc3ccc4nccnc4c3P(C)(C)=O)n2)c(OC)cc1N1CCC(N2CC(C)OC(C)C2)CC1.